The van der Waals surface area contributed by atoms with Crippen molar-refractivity contribution in [3.05, 3.63) is 275 Å². The fraction of sp³-hybridized carbons (Fsp3) is 0. The maximum atomic E-state index is 13.3. The molecule has 356 valence electrons. The second kappa shape index (κ2) is 22.2. The summed E-state index contributed by atoms with van der Waals surface area (Å²) in [5.41, 5.74) is 1.77. The van der Waals surface area contributed by atoms with E-state index in [0.717, 1.165) is 11.5 Å². The van der Waals surface area contributed by atoms with Crippen LogP contribution in [0.25, 0.3) is 0 Å². The molecular weight excluding hydrogens is 960 g/mol. The second-order valence-electron chi connectivity index (χ2n) is 16.2. The van der Waals surface area contributed by atoms with E-state index in [1.807, 2.05) is 152 Å². The molecule has 73 heavy (non-hydrogen) atoms. The van der Waals surface area contributed by atoms with Gasteiger partial charge in [0.25, 0.3) is 0 Å². The van der Waals surface area contributed by atoms with Crippen molar-refractivity contribution in [1.82, 2.24) is 0 Å². The Bertz CT molecular complexity index is 3460. The monoisotopic (exact) mass is 998 g/mol. The minimum atomic E-state index is -0.247. The Morgan fingerprint density at radius 3 is 0.726 bits per heavy atom. The molecule has 10 rings (SSSR count). The Kier molecular flexibility index (Phi) is 14.4. The third-order valence-corrected chi connectivity index (χ3v) is 11.6. The van der Waals surface area contributed by atoms with E-state index in [2.05, 4.69) is 0 Å². The Labute approximate surface area is 430 Å². The zero-order valence-corrected chi connectivity index (χ0v) is 40.0. The molecule has 0 atom stereocenters. The number of carbonyl (C=O) groups is 2. The summed E-state index contributed by atoms with van der Waals surface area (Å²) in [6, 6.07) is 71.7. The number of para-hydroxylation sites is 1. The maximum absolute atomic E-state index is 13.3. The molecule has 0 aliphatic heterocycles. The van der Waals surface area contributed by atoms with Gasteiger partial charge in [0.1, 0.15) is 80.5 Å². The van der Waals surface area contributed by atoms with E-state index in [4.69, 9.17) is 56.4 Å². The van der Waals surface area contributed by atoms with Crippen LogP contribution >= 0.6 is 23.2 Å². The molecule has 9 nitrogen and oxygen atoms in total. The van der Waals surface area contributed by atoms with Gasteiger partial charge in [0.15, 0.2) is 11.6 Å². The molecule has 0 unspecified atom stereocenters. The number of halogens is 2. The molecule has 0 fully saturated rings. The van der Waals surface area contributed by atoms with Crippen molar-refractivity contribution >= 4 is 34.8 Å². The fourth-order valence-corrected chi connectivity index (χ4v) is 7.71. The molecule has 0 aromatic heterocycles. The van der Waals surface area contributed by atoms with Crippen LogP contribution in [0.1, 0.15) is 31.8 Å². The van der Waals surface area contributed by atoms with Crippen LogP contribution in [-0.2, 0) is 0 Å². The number of hydrogen-bond donors (Lipinski definition) is 0. The molecule has 0 spiro atoms. The van der Waals surface area contributed by atoms with Crippen molar-refractivity contribution in [2.24, 2.45) is 0 Å². The molecule has 0 amide bonds. The van der Waals surface area contributed by atoms with Gasteiger partial charge in [0, 0.05) is 27.3 Å². The number of benzene rings is 10. The van der Waals surface area contributed by atoms with Crippen LogP contribution in [-0.4, -0.2) is 11.6 Å². The van der Waals surface area contributed by atoms with Gasteiger partial charge < -0.3 is 33.2 Å². The first-order valence-corrected chi connectivity index (χ1v) is 23.6. The lowest BCUT2D eigenvalue weighted by atomic mass is 10.0. The molecule has 0 aliphatic rings. The van der Waals surface area contributed by atoms with E-state index >= 15 is 0 Å². The lowest BCUT2D eigenvalue weighted by Gasteiger charge is -2.11. The predicted molar refractivity (Wildman–Crippen MR) is 282 cm³/mol. The van der Waals surface area contributed by atoms with Gasteiger partial charge in [-0.25, -0.2) is 0 Å². The Morgan fingerprint density at radius 2 is 0.466 bits per heavy atom. The van der Waals surface area contributed by atoms with E-state index in [1.165, 1.54) is 0 Å². The number of hydrogen-bond acceptors (Lipinski definition) is 9. The standard InChI is InChI=1S/C62H40Cl2O9/c63-44-12-39-60(64)59(40-44)62(66)43-10-17-48(18-11-43)68-46-13-6-41(7-14-46)61(65)42-8-15-47(16-9-42)69-50-23-25-52(26-24-50)71-54-31-33-56(34-32-54)73-58-37-35-57(36-38-58)72-55-29-27-53(28-30-55)70-51-21-19-49(20-22-51)67-45-4-2-1-3-5-45/h1-40H. The molecule has 0 heterocycles. The summed E-state index contributed by atoms with van der Waals surface area (Å²) in [7, 11) is 0. The van der Waals surface area contributed by atoms with E-state index in [9.17, 15) is 9.59 Å². The van der Waals surface area contributed by atoms with E-state index in [0.29, 0.717) is 101 Å². The van der Waals surface area contributed by atoms with Gasteiger partial charge in [-0.3, -0.25) is 9.59 Å². The highest BCUT2D eigenvalue weighted by molar-refractivity contribution is 6.36. The molecule has 0 aliphatic carbocycles. The lowest BCUT2D eigenvalue weighted by Crippen LogP contribution is -2.02. The quantitative estimate of drug-likeness (QED) is 0.0778. The SMILES string of the molecule is O=C(c1ccc(Oc2ccc(Oc3ccc(Oc4ccc(Oc5ccc(Oc6ccc(Oc7ccccc7)cc6)cc5)cc4)cc3)cc2)cc1)c1ccc(Oc2ccc(C(=O)c3cc(Cl)ccc3Cl)cc2)cc1. The summed E-state index contributed by atoms with van der Waals surface area (Å²) >= 11 is 12.3. The van der Waals surface area contributed by atoms with Gasteiger partial charge in [0.05, 0.1) is 5.02 Å². The molecule has 11 heteroatoms. The highest BCUT2D eigenvalue weighted by Crippen LogP contribution is 2.34. The number of rotatable bonds is 18. The van der Waals surface area contributed by atoms with Gasteiger partial charge in [-0.05, 0) is 224 Å². The van der Waals surface area contributed by atoms with Crippen LogP contribution in [0.2, 0.25) is 10.0 Å². The summed E-state index contributed by atoms with van der Waals surface area (Å²) in [6.07, 6.45) is 0. The fourth-order valence-electron chi connectivity index (χ4n) is 7.34. The number of ketones is 2. The van der Waals surface area contributed by atoms with Crippen LogP contribution < -0.4 is 33.2 Å². The molecule has 0 bridgehead atoms. The van der Waals surface area contributed by atoms with Gasteiger partial charge in [-0.15, -0.1) is 0 Å². The normalized spacial score (nSPS) is 10.7. The molecule has 10 aromatic rings. The van der Waals surface area contributed by atoms with Gasteiger partial charge >= 0.3 is 0 Å². The van der Waals surface area contributed by atoms with Crippen LogP contribution in [0.3, 0.4) is 0 Å². The average Bonchev–Trinajstić information content (AvgIpc) is 3.43. The third-order valence-electron chi connectivity index (χ3n) is 11.0. The van der Waals surface area contributed by atoms with Crippen molar-refractivity contribution in [3.63, 3.8) is 0 Å². The second-order valence-corrected chi connectivity index (χ2v) is 17.1. The van der Waals surface area contributed by atoms with Crippen LogP contribution in [0.15, 0.2) is 243 Å². The van der Waals surface area contributed by atoms with Crippen LogP contribution in [0.5, 0.6) is 80.5 Å². The maximum Gasteiger partial charge on any atom is 0.194 e. The van der Waals surface area contributed by atoms with Crippen molar-refractivity contribution in [3.8, 4) is 80.5 Å². The number of carbonyl (C=O) groups excluding carboxylic acids is 2. The van der Waals surface area contributed by atoms with Gasteiger partial charge in [0.2, 0.25) is 0 Å². The minimum absolute atomic E-state index is 0.151. The molecule has 0 N–H and O–H groups in total. The third kappa shape index (κ3) is 12.6. The highest BCUT2D eigenvalue weighted by atomic mass is 35.5. The van der Waals surface area contributed by atoms with E-state index in [-0.39, 0.29) is 11.6 Å². The smallest absolute Gasteiger partial charge is 0.194 e. The molecule has 0 saturated carbocycles. The first-order valence-electron chi connectivity index (χ1n) is 22.9. The van der Waals surface area contributed by atoms with Crippen LogP contribution in [0.4, 0.5) is 0 Å². The van der Waals surface area contributed by atoms with Crippen molar-refractivity contribution in [1.29, 1.82) is 0 Å². The molecular formula is C62H40Cl2O9. The topological polar surface area (TPSA) is 98.8 Å². The molecule has 0 radical (unpaired) electrons. The Balaban J connectivity index is 0.653. The van der Waals surface area contributed by atoms with Crippen molar-refractivity contribution in [2.75, 3.05) is 0 Å². The van der Waals surface area contributed by atoms with E-state index in [1.54, 1.807) is 91.0 Å². The average molecular weight is 1000 g/mol. The summed E-state index contributed by atoms with van der Waals surface area (Å²) in [5, 5.41) is 0.748. The van der Waals surface area contributed by atoms with E-state index < -0.39 is 0 Å². The summed E-state index contributed by atoms with van der Waals surface area (Å²) < 4.78 is 42.1. The first-order chi connectivity index (χ1) is 35.7. The van der Waals surface area contributed by atoms with Crippen molar-refractivity contribution < 1.29 is 42.7 Å². The van der Waals surface area contributed by atoms with Gasteiger partial charge in [-0.2, -0.15) is 0 Å². The molecule has 0 saturated heterocycles. The zero-order valence-electron chi connectivity index (χ0n) is 38.5. The summed E-state index contributed by atoms with van der Waals surface area (Å²) in [6.45, 7) is 0. The van der Waals surface area contributed by atoms with Crippen LogP contribution in [0, 0.1) is 0 Å². The zero-order chi connectivity index (χ0) is 49.9. The minimum Gasteiger partial charge on any atom is -0.457 e. The lowest BCUT2D eigenvalue weighted by molar-refractivity contribution is 0.103. The number of ether oxygens (including phenoxy) is 7. The summed E-state index contributed by atoms with van der Waals surface area (Å²) in [4.78, 5) is 26.3. The highest BCUT2D eigenvalue weighted by Gasteiger charge is 2.15. The summed E-state index contributed by atoms with van der Waals surface area (Å²) in [5.74, 6) is 8.58. The first kappa shape index (κ1) is 47.4. The Morgan fingerprint density at radius 1 is 0.247 bits per heavy atom. The largest absolute Gasteiger partial charge is 0.457 e. The predicted octanol–water partition coefficient (Wildman–Crippen LogP) is 18.0. The molecule has 10 aromatic carbocycles. The Hall–Kier alpha value is -9.28. The van der Waals surface area contributed by atoms with Crippen molar-refractivity contribution in [2.45, 2.75) is 0 Å². The van der Waals surface area contributed by atoms with Gasteiger partial charge in [-0.1, -0.05) is 41.4 Å².